The van der Waals surface area contributed by atoms with Crippen LogP contribution >= 0.6 is 11.6 Å². The summed E-state index contributed by atoms with van der Waals surface area (Å²) in [5.41, 5.74) is 4.92. The second-order valence-electron chi connectivity index (χ2n) is 8.99. The Bertz CT molecular complexity index is 1240. The van der Waals surface area contributed by atoms with E-state index in [4.69, 9.17) is 16.3 Å². The quantitative estimate of drug-likeness (QED) is 0.426. The number of fused-ring (bicyclic) bond motifs is 5. The fourth-order valence-corrected chi connectivity index (χ4v) is 5.26. The lowest BCUT2D eigenvalue weighted by Crippen LogP contribution is -2.37. The summed E-state index contributed by atoms with van der Waals surface area (Å²) in [4.78, 5) is 23.7. The molecule has 2 bridgehead atoms. The molecule has 2 unspecified atom stereocenters. The molecule has 2 heterocycles. The van der Waals surface area contributed by atoms with Crippen LogP contribution in [0, 0.1) is 0 Å². The number of para-hydroxylation sites is 1. The maximum Gasteiger partial charge on any atom is 0.253 e. The average Bonchev–Trinajstić information content (AvgIpc) is 3.13. The first-order chi connectivity index (χ1) is 17.1. The molecule has 2 atom stereocenters. The molecule has 1 fully saturated rings. The van der Waals surface area contributed by atoms with Crippen molar-refractivity contribution in [3.63, 3.8) is 0 Å². The largest absolute Gasteiger partial charge is 0.383 e. The van der Waals surface area contributed by atoms with Crippen molar-refractivity contribution < 1.29 is 9.53 Å². The molecule has 0 radical (unpaired) electrons. The summed E-state index contributed by atoms with van der Waals surface area (Å²) in [7, 11) is 3.35. The molecule has 8 nitrogen and oxygen atoms in total. The van der Waals surface area contributed by atoms with Gasteiger partial charge in [0.25, 0.3) is 5.91 Å². The molecule has 0 spiro atoms. The van der Waals surface area contributed by atoms with Crippen LogP contribution in [0.4, 0.5) is 23.1 Å². The molecule has 0 saturated carbocycles. The molecule has 1 aliphatic carbocycles. The van der Waals surface area contributed by atoms with Gasteiger partial charge in [0.1, 0.15) is 5.02 Å². The Morgan fingerprint density at radius 1 is 1.14 bits per heavy atom. The van der Waals surface area contributed by atoms with E-state index in [1.54, 1.807) is 26.4 Å². The molecule has 1 aromatic heterocycles. The molecule has 182 valence electrons. The number of carbonyl (C=O) groups excluding carboxylic acids is 1. The van der Waals surface area contributed by atoms with Crippen molar-refractivity contribution in [1.29, 1.82) is 0 Å². The van der Waals surface area contributed by atoms with Crippen molar-refractivity contribution in [1.82, 2.24) is 20.2 Å². The summed E-state index contributed by atoms with van der Waals surface area (Å²) < 4.78 is 5.28. The van der Waals surface area contributed by atoms with Gasteiger partial charge in [-0.15, -0.1) is 0 Å². The predicted molar refractivity (Wildman–Crippen MR) is 138 cm³/mol. The van der Waals surface area contributed by atoms with Crippen LogP contribution in [-0.4, -0.2) is 61.2 Å². The van der Waals surface area contributed by atoms with Crippen LogP contribution in [-0.2, 0) is 4.74 Å². The van der Waals surface area contributed by atoms with Gasteiger partial charge in [-0.3, -0.25) is 9.69 Å². The van der Waals surface area contributed by atoms with Gasteiger partial charge in [-0.1, -0.05) is 29.8 Å². The minimum absolute atomic E-state index is 0.194. The number of methoxy groups -OCH3 is 1. The average molecular weight is 493 g/mol. The minimum Gasteiger partial charge on any atom is -0.383 e. The third kappa shape index (κ3) is 4.96. The van der Waals surface area contributed by atoms with E-state index in [2.05, 4.69) is 49.0 Å². The first-order valence-electron chi connectivity index (χ1n) is 11.8. The van der Waals surface area contributed by atoms with Crippen molar-refractivity contribution in [3.05, 3.63) is 70.4 Å². The number of likely N-dealkylation sites (tertiary alicyclic amines) is 1. The highest BCUT2D eigenvalue weighted by molar-refractivity contribution is 6.33. The lowest BCUT2D eigenvalue weighted by Gasteiger charge is -2.31. The third-order valence-electron chi connectivity index (χ3n) is 6.76. The molecule has 1 saturated heterocycles. The Balaban J connectivity index is 1.34. The van der Waals surface area contributed by atoms with Gasteiger partial charge >= 0.3 is 0 Å². The highest BCUT2D eigenvalue weighted by atomic mass is 35.5. The number of anilines is 4. The number of amides is 1. The fraction of sp³-hybridized carbons (Fsp3) is 0.346. The summed E-state index contributed by atoms with van der Waals surface area (Å²) >= 11 is 6.37. The lowest BCUT2D eigenvalue weighted by atomic mass is 9.96. The smallest absolute Gasteiger partial charge is 0.253 e. The standard InChI is InChI=1S/C26H29ClN6O2/c1-28-25(34)20-5-3-4-6-23(20)31-24-22(27)13-29-26(32-24)30-18-7-8-19-16-11-17(21(19)12-18)15-33(14-16)9-10-35-2/h3-8,12-13,16-17H,9-11,14-15H2,1-2H3,(H,28,34)(H2,29,30,31,32). The summed E-state index contributed by atoms with van der Waals surface area (Å²) in [6, 6.07) is 13.8. The highest BCUT2D eigenvalue weighted by Gasteiger charge is 2.37. The number of nitrogens with zero attached hydrogens (tertiary/aromatic N) is 3. The van der Waals surface area contributed by atoms with Crippen LogP contribution < -0.4 is 16.0 Å². The summed E-state index contributed by atoms with van der Waals surface area (Å²) in [6.45, 7) is 3.89. The van der Waals surface area contributed by atoms with E-state index >= 15 is 0 Å². The summed E-state index contributed by atoms with van der Waals surface area (Å²) in [6.07, 6.45) is 2.76. The predicted octanol–water partition coefficient (Wildman–Crippen LogP) is 4.51. The molecule has 3 aromatic rings. The van der Waals surface area contributed by atoms with Crippen molar-refractivity contribution in [2.75, 3.05) is 51.0 Å². The van der Waals surface area contributed by atoms with Crippen molar-refractivity contribution in [2.24, 2.45) is 0 Å². The van der Waals surface area contributed by atoms with Crippen LogP contribution in [0.3, 0.4) is 0 Å². The van der Waals surface area contributed by atoms with Crippen LogP contribution in [0.2, 0.25) is 5.02 Å². The zero-order valence-electron chi connectivity index (χ0n) is 19.8. The number of nitrogens with one attached hydrogen (secondary N) is 3. The summed E-state index contributed by atoms with van der Waals surface area (Å²) in [5, 5.41) is 9.51. The molecule has 1 amide bonds. The molecule has 2 aliphatic rings. The summed E-state index contributed by atoms with van der Waals surface area (Å²) in [5.74, 6) is 1.77. The topological polar surface area (TPSA) is 91.4 Å². The molecule has 2 aromatic carbocycles. The molecular formula is C26H29ClN6O2. The minimum atomic E-state index is -0.194. The Morgan fingerprint density at radius 2 is 1.94 bits per heavy atom. The van der Waals surface area contributed by atoms with E-state index in [9.17, 15) is 4.79 Å². The third-order valence-corrected chi connectivity index (χ3v) is 7.03. The maximum absolute atomic E-state index is 12.2. The molecule has 35 heavy (non-hydrogen) atoms. The second kappa shape index (κ2) is 10.2. The Hall–Kier alpha value is -3.20. The van der Waals surface area contributed by atoms with E-state index in [-0.39, 0.29) is 5.91 Å². The zero-order chi connectivity index (χ0) is 24.4. The number of halogens is 1. The van der Waals surface area contributed by atoms with Gasteiger partial charge in [-0.05, 0) is 53.6 Å². The number of piperidine rings is 1. The van der Waals surface area contributed by atoms with E-state index < -0.39 is 0 Å². The van der Waals surface area contributed by atoms with Crippen molar-refractivity contribution in [3.8, 4) is 0 Å². The van der Waals surface area contributed by atoms with Crippen LogP contribution in [0.5, 0.6) is 0 Å². The first-order valence-corrected chi connectivity index (χ1v) is 12.2. The van der Waals surface area contributed by atoms with Crippen molar-refractivity contribution >= 4 is 40.6 Å². The van der Waals surface area contributed by atoms with Gasteiger partial charge in [-0.2, -0.15) is 4.98 Å². The molecule has 3 N–H and O–H groups in total. The van der Waals surface area contributed by atoms with Gasteiger partial charge in [-0.25, -0.2) is 4.98 Å². The molecule has 5 rings (SSSR count). The van der Waals surface area contributed by atoms with E-state index in [0.29, 0.717) is 39.9 Å². The highest BCUT2D eigenvalue weighted by Crippen LogP contribution is 2.46. The second-order valence-corrected chi connectivity index (χ2v) is 9.40. The maximum atomic E-state index is 12.2. The fourth-order valence-electron chi connectivity index (χ4n) is 5.12. The number of aromatic nitrogens is 2. The van der Waals surface area contributed by atoms with Gasteiger partial charge in [0, 0.05) is 39.5 Å². The monoisotopic (exact) mass is 492 g/mol. The van der Waals surface area contributed by atoms with E-state index in [1.165, 1.54) is 17.5 Å². The zero-order valence-corrected chi connectivity index (χ0v) is 20.6. The van der Waals surface area contributed by atoms with Crippen molar-refractivity contribution in [2.45, 2.75) is 18.3 Å². The van der Waals surface area contributed by atoms with Gasteiger partial charge in [0.05, 0.1) is 24.1 Å². The lowest BCUT2D eigenvalue weighted by molar-refractivity contribution is 0.0964. The molecular weight excluding hydrogens is 464 g/mol. The van der Waals surface area contributed by atoms with E-state index in [0.717, 1.165) is 31.9 Å². The van der Waals surface area contributed by atoms with Gasteiger partial charge in [0.15, 0.2) is 5.82 Å². The van der Waals surface area contributed by atoms with Crippen LogP contribution in [0.15, 0.2) is 48.7 Å². The number of carbonyl (C=O) groups is 1. The SMILES string of the molecule is CNC(=O)c1ccccc1Nc1nc(Nc2ccc3c(c2)C2CC3CN(CCOC)C2)ncc1Cl. The van der Waals surface area contributed by atoms with Gasteiger partial charge in [0.2, 0.25) is 5.95 Å². The van der Waals surface area contributed by atoms with Crippen LogP contribution in [0.1, 0.15) is 39.7 Å². The number of hydrogen-bond acceptors (Lipinski definition) is 7. The number of rotatable bonds is 8. The molecule has 1 aliphatic heterocycles. The first kappa shape index (κ1) is 23.5. The normalized spacial score (nSPS) is 18.7. The number of hydrogen-bond donors (Lipinski definition) is 3. The number of benzene rings is 2. The Morgan fingerprint density at radius 3 is 2.74 bits per heavy atom. The molecule has 9 heteroatoms. The number of ether oxygens (including phenoxy) is 1. The Labute approximate surface area is 210 Å². The van der Waals surface area contributed by atoms with Crippen LogP contribution in [0.25, 0.3) is 0 Å². The Kier molecular flexibility index (Phi) is 6.86. The van der Waals surface area contributed by atoms with E-state index in [1.807, 2.05) is 18.2 Å². The van der Waals surface area contributed by atoms with Gasteiger partial charge < -0.3 is 20.7 Å².